The minimum Gasteiger partial charge on any atom is -0.489 e. The summed E-state index contributed by atoms with van der Waals surface area (Å²) >= 11 is 0. The van der Waals surface area contributed by atoms with E-state index < -0.39 is 27.9 Å². The standard InChI is InChI=1S/C14H19F3N2O3S/c1-18-23(20,21)9-13(10-6-7-19-8-10)22-12-4-2-11(3-5-12)14(15,16)17/h2-5,10,13,18-19H,6-9H2,1H3/t10?,13-/m1/s1. The maximum atomic E-state index is 12.6. The van der Waals surface area contributed by atoms with Gasteiger partial charge in [0.1, 0.15) is 17.6 Å². The summed E-state index contributed by atoms with van der Waals surface area (Å²) < 4.78 is 69.2. The summed E-state index contributed by atoms with van der Waals surface area (Å²) in [6.07, 6.45) is -4.29. The van der Waals surface area contributed by atoms with Gasteiger partial charge in [-0.15, -0.1) is 0 Å². The number of halogens is 3. The first-order valence-corrected chi connectivity index (χ1v) is 8.82. The Labute approximate surface area is 133 Å². The molecule has 0 radical (unpaired) electrons. The molecule has 1 saturated heterocycles. The Morgan fingerprint density at radius 2 is 2.00 bits per heavy atom. The number of alkyl halides is 3. The van der Waals surface area contributed by atoms with Crippen LogP contribution in [-0.4, -0.2) is 40.4 Å². The molecule has 2 atom stereocenters. The van der Waals surface area contributed by atoms with Gasteiger partial charge in [0, 0.05) is 12.5 Å². The highest BCUT2D eigenvalue weighted by Gasteiger charge is 2.32. The van der Waals surface area contributed by atoms with Crippen molar-refractivity contribution in [3.63, 3.8) is 0 Å². The maximum absolute atomic E-state index is 12.6. The van der Waals surface area contributed by atoms with E-state index in [0.717, 1.165) is 25.1 Å². The lowest BCUT2D eigenvalue weighted by atomic mass is 10.0. The van der Waals surface area contributed by atoms with Crippen LogP contribution >= 0.6 is 0 Å². The highest BCUT2D eigenvalue weighted by atomic mass is 32.2. The number of rotatable bonds is 6. The van der Waals surface area contributed by atoms with E-state index in [0.29, 0.717) is 6.54 Å². The summed E-state index contributed by atoms with van der Waals surface area (Å²) in [5.74, 6) is -0.0294. The van der Waals surface area contributed by atoms with Gasteiger partial charge in [-0.2, -0.15) is 13.2 Å². The summed E-state index contributed by atoms with van der Waals surface area (Å²) in [5, 5.41) is 3.13. The molecule has 1 aliphatic rings. The van der Waals surface area contributed by atoms with E-state index in [1.807, 2.05) is 0 Å². The fraction of sp³-hybridized carbons (Fsp3) is 0.571. The molecule has 0 aromatic heterocycles. The lowest BCUT2D eigenvalue weighted by Gasteiger charge is -2.24. The van der Waals surface area contributed by atoms with Crippen LogP contribution in [0.25, 0.3) is 0 Å². The molecule has 5 nitrogen and oxygen atoms in total. The van der Waals surface area contributed by atoms with Crippen molar-refractivity contribution < 1.29 is 26.3 Å². The van der Waals surface area contributed by atoms with Gasteiger partial charge in [-0.1, -0.05) is 0 Å². The predicted molar refractivity (Wildman–Crippen MR) is 79.7 cm³/mol. The van der Waals surface area contributed by atoms with Crippen LogP contribution < -0.4 is 14.8 Å². The molecule has 1 aromatic carbocycles. The lowest BCUT2D eigenvalue weighted by Crippen LogP contribution is -2.39. The molecule has 0 spiro atoms. The summed E-state index contributed by atoms with van der Waals surface area (Å²) in [5.41, 5.74) is -0.772. The van der Waals surface area contributed by atoms with Crippen molar-refractivity contribution in [2.45, 2.75) is 18.7 Å². The van der Waals surface area contributed by atoms with Crippen molar-refractivity contribution in [1.82, 2.24) is 10.0 Å². The summed E-state index contributed by atoms with van der Waals surface area (Å²) in [4.78, 5) is 0. The first kappa shape index (κ1) is 18.0. The fourth-order valence-electron chi connectivity index (χ4n) is 2.46. The minimum atomic E-state index is -4.41. The molecule has 130 valence electrons. The molecule has 1 aromatic rings. The highest BCUT2D eigenvalue weighted by molar-refractivity contribution is 7.89. The largest absolute Gasteiger partial charge is 0.489 e. The molecule has 0 saturated carbocycles. The van der Waals surface area contributed by atoms with Gasteiger partial charge in [-0.05, 0) is 44.3 Å². The highest BCUT2D eigenvalue weighted by Crippen LogP contribution is 2.31. The SMILES string of the molecule is CNS(=O)(=O)C[C@@H](Oc1ccc(C(F)(F)F)cc1)C1CCNC1. The quantitative estimate of drug-likeness (QED) is 0.816. The second-order valence-corrected chi connectivity index (χ2v) is 7.39. The Balaban J connectivity index is 2.13. The third-order valence-corrected chi connectivity index (χ3v) is 5.18. The minimum absolute atomic E-state index is 0.0135. The fourth-order valence-corrected chi connectivity index (χ4v) is 3.40. The third kappa shape index (κ3) is 5.08. The van der Waals surface area contributed by atoms with Gasteiger partial charge in [0.15, 0.2) is 0 Å². The van der Waals surface area contributed by atoms with Gasteiger partial charge in [0.2, 0.25) is 10.0 Å². The van der Waals surface area contributed by atoms with Crippen molar-refractivity contribution in [1.29, 1.82) is 0 Å². The van der Waals surface area contributed by atoms with Crippen molar-refractivity contribution in [2.24, 2.45) is 5.92 Å². The van der Waals surface area contributed by atoms with E-state index in [1.165, 1.54) is 19.2 Å². The zero-order chi connectivity index (χ0) is 17.1. The summed E-state index contributed by atoms with van der Waals surface area (Å²) in [7, 11) is -2.17. The van der Waals surface area contributed by atoms with Gasteiger partial charge in [0.05, 0.1) is 5.56 Å². The van der Waals surface area contributed by atoms with Crippen LogP contribution in [0, 0.1) is 5.92 Å². The molecular weight excluding hydrogens is 333 g/mol. The second-order valence-electron chi connectivity index (χ2n) is 5.42. The van der Waals surface area contributed by atoms with Crippen molar-refractivity contribution in [2.75, 3.05) is 25.9 Å². The van der Waals surface area contributed by atoms with E-state index in [4.69, 9.17) is 4.74 Å². The van der Waals surface area contributed by atoms with E-state index in [1.54, 1.807) is 0 Å². The molecule has 0 amide bonds. The molecule has 1 unspecified atom stereocenters. The number of ether oxygens (including phenoxy) is 1. The molecule has 9 heteroatoms. The van der Waals surface area contributed by atoms with Crippen LogP contribution in [0.1, 0.15) is 12.0 Å². The molecule has 1 fully saturated rings. The lowest BCUT2D eigenvalue weighted by molar-refractivity contribution is -0.137. The summed E-state index contributed by atoms with van der Waals surface area (Å²) in [6, 6.07) is 4.27. The van der Waals surface area contributed by atoms with Crippen LogP contribution in [0.3, 0.4) is 0 Å². The first-order valence-electron chi connectivity index (χ1n) is 7.17. The molecular formula is C14H19F3N2O3S. The first-order chi connectivity index (χ1) is 10.7. The molecule has 2 rings (SSSR count). The van der Waals surface area contributed by atoms with Crippen LogP contribution in [0.15, 0.2) is 24.3 Å². The predicted octanol–water partition coefficient (Wildman–Crippen LogP) is 1.61. The molecule has 1 aliphatic heterocycles. The Morgan fingerprint density at radius 1 is 1.35 bits per heavy atom. The molecule has 2 N–H and O–H groups in total. The van der Waals surface area contributed by atoms with E-state index in [2.05, 4.69) is 10.0 Å². The van der Waals surface area contributed by atoms with Gasteiger partial charge in [0.25, 0.3) is 0 Å². The Morgan fingerprint density at radius 3 is 2.48 bits per heavy atom. The number of sulfonamides is 1. The van der Waals surface area contributed by atoms with Crippen LogP contribution in [0.2, 0.25) is 0 Å². The van der Waals surface area contributed by atoms with Crippen LogP contribution in [0.4, 0.5) is 13.2 Å². The topological polar surface area (TPSA) is 67.4 Å². The number of benzene rings is 1. The van der Waals surface area contributed by atoms with Gasteiger partial charge in [-0.25, -0.2) is 13.1 Å². The maximum Gasteiger partial charge on any atom is 0.416 e. The van der Waals surface area contributed by atoms with Crippen LogP contribution in [-0.2, 0) is 16.2 Å². The smallest absolute Gasteiger partial charge is 0.416 e. The zero-order valence-corrected chi connectivity index (χ0v) is 13.4. The monoisotopic (exact) mass is 352 g/mol. The number of nitrogens with one attached hydrogen (secondary N) is 2. The van der Waals surface area contributed by atoms with Gasteiger partial charge in [-0.3, -0.25) is 0 Å². The second kappa shape index (κ2) is 7.06. The Kier molecular flexibility index (Phi) is 5.53. The summed E-state index contributed by atoms with van der Waals surface area (Å²) in [6.45, 7) is 1.38. The van der Waals surface area contributed by atoms with Gasteiger partial charge >= 0.3 is 6.18 Å². The van der Waals surface area contributed by atoms with E-state index >= 15 is 0 Å². The van der Waals surface area contributed by atoms with Gasteiger partial charge < -0.3 is 10.1 Å². The molecule has 0 aliphatic carbocycles. The number of hydrogen-bond donors (Lipinski definition) is 2. The zero-order valence-electron chi connectivity index (χ0n) is 12.6. The Hall–Kier alpha value is -1.32. The molecule has 23 heavy (non-hydrogen) atoms. The van der Waals surface area contributed by atoms with Crippen LogP contribution in [0.5, 0.6) is 5.75 Å². The average Bonchev–Trinajstić information content (AvgIpc) is 3.00. The van der Waals surface area contributed by atoms with Crippen molar-refractivity contribution in [3.05, 3.63) is 29.8 Å². The average molecular weight is 352 g/mol. The van der Waals surface area contributed by atoms with Crippen molar-refractivity contribution in [3.8, 4) is 5.75 Å². The molecule has 0 bridgehead atoms. The van der Waals surface area contributed by atoms with E-state index in [-0.39, 0.29) is 17.4 Å². The molecule has 1 heterocycles. The number of hydrogen-bond acceptors (Lipinski definition) is 4. The normalized spacial score (nSPS) is 20.4. The van der Waals surface area contributed by atoms with Crippen molar-refractivity contribution >= 4 is 10.0 Å². The Bertz CT molecular complexity index is 611. The van der Waals surface area contributed by atoms with E-state index in [9.17, 15) is 21.6 Å². The third-order valence-electron chi connectivity index (χ3n) is 3.79.